The highest BCUT2D eigenvalue weighted by Gasteiger charge is 2.24. The molecule has 0 bridgehead atoms. The predicted molar refractivity (Wildman–Crippen MR) is 54.5 cm³/mol. The highest BCUT2D eigenvalue weighted by molar-refractivity contribution is 5.68. The lowest BCUT2D eigenvalue weighted by molar-refractivity contribution is -0.143. The molecule has 1 atom stereocenters. The molecule has 6 nitrogen and oxygen atoms in total. The summed E-state index contributed by atoms with van der Waals surface area (Å²) in [6.07, 6.45) is -0.941. The number of amides is 1. The zero-order valence-electron chi connectivity index (χ0n) is 9.41. The maximum Gasteiger partial charge on any atom is 0.409 e. The molecule has 88 valence electrons. The van der Waals surface area contributed by atoms with E-state index in [4.69, 9.17) is 4.74 Å². The molecule has 0 aromatic carbocycles. The molecule has 0 aliphatic carbocycles. The minimum atomic E-state index is -0.521. The van der Waals surface area contributed by atoms with Gasteiger partial charge >= 0.3 is 6.09 Å². The van der Waals surface area contributed by atoms with E-state index in [9.17, 15) is 10.0 Å². The molecule has 1 heterocycles. The number of carbonyl (C=O) groups is 1. The van der Waals surface area contributed by atoms with E-state index in [1.807, 2.05) is 0 Å². The van der Waals surface area contributed by atoms with Crippen LogP contribution in [0.3, 0.4) is 0 Å². The maximum absolute atomic E-state index is 11.4. The summed E-state index contributed by atoms with van der Waals surface area (Å²) in [5.41, 5.74) is -0.521. The van der Waals surface area contributed by atoms with Crippen LogP contribution in [0.4, 0.5) is 4.79 Å². The molecule has 1 saturated heterocycles. The Morgan fingerprint density at radius 3 is 2.80 bits per heavy atom. The summed E-state index contributed by atoms with van der Waals surface area (Å²) in [7, 11) is 0. The number of hydrogen-bond acceptors (Lipinski definition) is 5. The number of nitrogens with zero attached hydrogens (tertiary/aromatic N) is 1. The molecule has 1 fully saturated rings. The Bertz CT molecular complexity index is 227. The fraction of sp³-hybridized carbons (Fsp3) is 0.889. The van der Waals surface area contributed by atoms with Crippen LogP contribution in [0.25, 0.3) is 0 Å². The molecule has 1 aliphatic heterocycles. The van der Waals surface area contributed by atoms with Crippen molar-refractivity contribution in [2.24, 2.45) is 0 Å². The van der Waals surface area contributed by atoms with E-state index in [1.54, 1.807) is 20.8 Å². The molecule has 0 aromatic heterocycles. The minimum absolute atomic E-state index is 0.423. The first-order chi connectivity index (χ1) is 6.88. The fourth-order valence-corrected chi connectivity index (χ4v) is 1.26. The van der Waals surface area contributed by atoms with Gasteiger partial charge in [0, 0.05) is 19.6 Å². The van der Waals surface area contributed by atoms with Gasteiger partial charge in [-0.1, -0.05) is 0 Å². The number of ether oxygens (including phenoxy) is 1. The zero-order valence-corrected chi connectivity index (χ0v) is 9.41. The summed E-state index contributed by atoms with van der Waals surface area (Å²) in [6.45, 7) is 7.09. The Morgan fingerprint density at radius 1 is 1.60 bits per heavy atom. The van der Waals surface area contributed by atoms with E-state index in [0.29, 0.717) is 19.6 Å². The highest BCUT2D eigenvalue weighted by atomic mass is 16.6. The van der Waals surface area contributed by atoms with Gasteiger partial charge in [0.05, 0.1) is 0 Å². The van der Waals surface area contributed by atoms with Crippen molar-refractivity contribution in [3.63, 3.8) is 0 Å². The first-order valence-electron chi connectivity index (χ1n) is 5.04. The number of hydrogen-bond donors (Lipinski definition) is 3. The number of nitrogens with one attached hydrogen (secondary N) is 2. The normalized spacial score (nSPS) is 23.6. The van der Waals surface area contributed by atoms with Gasteiger partial charge < -0.3 is 20.6 Å². The van der Waals surface area contributed by atoms with Crippen LogP contribution in [0, 0.1) is 0 Å². The summed E-state index contributed by atoms with van der Waals surface area (Å²) >= 11 is 0. The van der Waals surface area contributed by atoms with Gasteiger partial charge in [-0.05, 0) is 20.8 Å². The fourth-order valence-electron chi connectivity index (χ4n) is 1.26. The summed E-state index contributed by atoms with van der Waals surface area (Å²) < 4.78 is 5.07. The number of alkyl carbamates (subject to hydrolysis) is 1. The number of piperazine rings is 1. The molecule has 0 saturated carbocycles. The average molecular weight is 217 g/mol. The second-order valence-electron chi connectivity index (χ2n) is 4.53. The van der Waals surface area contributed by atoms with Crippen LogP contribution in [0.15, 0.2) is 0 Å². The second-order valence-corrected chi connectivity index (χ2v) is 4.53. The van der Waals surface area contributed by atoms with Gasteiger partial charge in [0.25, 0.3) is 0 Å². The summed E-state index contributed by atoms with van der Waals surface area (Å²) in [5.74, 6) is 0. The lowest BCUT2D eigenvalue weighted by atomic mass is 10.2. The van der Waals surface area contributed by atoms with Gasteiger partial charge in [-0.25, -0.2) is 4.79 Å². The van der Waals surface area contributed by atoms with E-state index < -0.39 is 17.9 Å². The van der Waals surface area contributed by atoms with Crippen molar-refractivity contribution in [2.75, 3.05) is 19.6 Å². The minimum Gasteiger partial charge on any atom is -0.444 e. The Morgan fingerprint density at radius 2 is 2.27 bits per heavy atom. The predicted octanol–water partition coefficient (Wildman–Crippen LogP) is 0.132. The van der Waals surface area contributed by atoms with Crippen LogP contribution in [0.1, 0.15) is 20.8 Å². The molecule has 6 heteroatoms. The molecule has 1 rings (SSSR count). The molecular formula is C9H19N3O3. The molecule has 0 radical (unpaired) electrons. The molecule has 0 aromatic rings. The Labute approximate surface area is 89.5 Å². The van der Waals surface area contributed by atoms with Gasteiger partial charge in [-0.3, -0.25) is 0 Å². The quantitative estimate of drug-likeness (QED) is 0.582. The smallest absolute Gasteiger partial charge is 0.409 e. The zero-order chi connectivity index (χ0) is 11.5. The maximum atomic E-state index is 11.4. The number of rotatable bonds is 1. The van der Waals surface area contributed by atoms with Crippen LogP contribution < -0.4 is 10.6 Å². The third kappa shape index (κ3) is 4.46. The number of carbonyl (C=O) groups excluding carboxylic acids is 1. The second kappa shape index (κ2) is 4.78. The van der Waals surface area contributed by atoms with Crippen molar-refractivity contribution in [1.29, 1.82) is 0 Å². The highest BCUT2D eigenvalue weighted by Crippen LogP contribution is 2.07. The lowest BCUT2D eigenvalue weighted by Crippen LogP contribution is -2.58. The van der Waals surface area contributed by atoms with Crippen molar-refractivity contribution >= 4 is 6.09 Å². The van der Waals surface area contributed by atoms with E-state index in [2.05, 4.69) is 10.6 Å². The van der Waals surface area contributed by atoms with Gasteiger partial charge in [-0.2, -0.15) is 5.06 Å². The third-order valence-corrected chi connectivity index (χ3v) is 1.90. The van der Waals surface area contributed by atoms with E-state index in [-0.39, 0.29) is 0 Å². The van der Waals surface area contributed by atoms with Crippen molar-refractivity contribution in [2.45, 2.75) is 32.5 Å². The van der Waals surface area contributed by atoms with Gasteiger partial charge in [0.1, 0.15) is 11.8 Å². The summed E-state index contributed by atoms with van der Waals surface area (Å²) in [6, 6.07) is 0. The van der Waals surface area contributed by atoms with Crippen LogP contribution in [-0.4, -0.2) is 47.8 Å². The van der Waals surface area contributed by atoms with Gasteiger partial charge in [0.2, 0.25) is 0 Å². The van der Waals surface area contributed by atoms with Crippen LogP contribution >= 0.6 is 0 Å². The number of hydroxylamine groups is 2. The Balaban J connectivity index is 2.36. The Kier molecular flexibility index (Phi) is 3.90. The van der Waals surface area contributed by atoms with Gasteiger partial charge in [-0.15, -0.1) is 0 Å². The molecule has 1 unspecified atom stereocenters. The van der Waals surface area contributed by atoms with Crippen molar-refractivity contribution in [3.8, 4) is 0 Å². The standard InChI is InChI=1S/C9H19N3O3/c1-9(2,3)15-8(13)11-7-6-10-4-5-12(7)14/h7,10,14H,4-6H2,1-3H3,(H,11,13). The molecule has 15 heavy (non-hydrogen) atoms. The van der Waals surface area contributed by atoms with E-state index >= 15 is 0 Å². The topological polar surface area (TPSA) is 73.8 Å². The molecule has 1 amide bonds. The van der Waals surface area contributed by atoms with Crippen molar-refractivity contribution in [3.05, 3.63) is 0 Å². The summed E-state index contributed by atoms with van der Waals surface area (Å²) in [4.78, 5) is 11.4. The van der Waals surface area contributed by atoms with E-state index in [0.717, 1.165) is 5.06 Å². The van der Waals surface area contributed by atoms with Crippen molar-refractivity contribution in [1.82, 2.24) is 15.7 Å². The molecule has 0 spiro atoms. The SMILES string of the molecule is CC(C)(C)OC(=O)NC1CNCCN1O. The first kappa shape index (κ1) is 12.2. The summed E-state index contributed by atoms with van der Waals surface area (Å²) in [5, 5.41) is 16.2. The first-order valence-corrected chi connectivity index (χ1v) is 5.04. The van der Waals surface area contributed by atoms with E-state index in [1.165, 1.54) is 0 Å². The van der Waals surface area contributed by atoms with Crippen LogP contribution in [-0.2, 0) is 4.74 Å². The molecular weight excluding hydrogens is 198 g/mol. The Hall–Kier alpha value is -0.850. The monoisotopic (exact) mass is 217 g/mol. The largest absolute Gasteiger partial charge is 0.444 e. The van der Waals surface area contributed by atoms with Crippen LogP contribution in [0.5, 0.6) is 0 Å². The lowest BCUT2D eigenvalue weighted by Gasteiger charge is -2.32. The average Bonchev–Trinajstić information content (AvgIpc) is 2.05. The van der Waals surface area contributed by atoms with Crippen molar-refractivity contribution < 1.29 is 14.7 Å². The molecule has 1 aliphatic rings. The molecule has 3 N–H and O–H groups in total. The van der Waals surface area contributed by atoms with Gasteiger partial charge in [0.15, 0.2) is 0 Å². The van der Waals surface area contributed by atoms with Crippen LogP contribution in [0.2, 0.25) is 0 Å². The third-order valence-electron chi connectivity index (χ3n) is 1.90.